The highest BCUT2D eigenvalue weighted by Gasteiger charge is 2.00. The van der Waals surface area contributed by atoms with Gasteiger partial charge in [-0.1, -0.05) is 19.1 Å². The second-order valence-corrected chi connectivity index (χ2v) is 5.33. The number of hydrazine groups is 1. The summed E-state index contributed by atoms with van der Waals surface area (Å²) in [5.41, 5.74) is 7.84. The first-order chi connectivity index (χ1) is 10.7. The average Bonchev–Trinajstić information content (AvgIpc) is 3.05. The molecule has 0 atom stereocenters. The smallest absolute Gasteiger partial charge is 0.189 e. The molecule has 5 nitrogen and oxygen atoms in total. The van der Waals surface area contributed by atoms with Crippen molar-refractivity contribution in [1.29, 1.82) is 0 Å². The molecule has 0 aliphatic rings. The van der Waals surface area contributed by atoms with Gasteiger partial charge in [-0.3, -0.25) is 10.9 Å². The Labute approximate surface area is 140 Å². The fourth-order valence-electron chi connectivity index (χ4n) is 1.72. The van der Waals surface area contributed by atoms with Crippen LogP contribution in [0.5, 0.6) is 0 Å². The van der Waals surface area contributed by atoms with E-state index < -0.39 is 0 Å². The monoisotopic (exact) mass is 334 g/mol. The third-order valence-electron chi connectivity index (χ3n) is 2.91. The van der Waals surface area contributed by atoms with Crippen molar-refractivity contribution < 1.29 is 4.42 Å². The van der Waals surface area contributed by atoms with Gasteiger partial charge in [-0.05, 0) is 60.7 Å². The molecule has 0 fully saturated rings. The minimum atomic E-state index is 0.432. The fourth-order valence-corrected chi connectivity index (χ4v) is 2.02. The van der Waals surface area contributed by atoms with Gasteiger partial charge in [0.1, 0.15) is 5.76 Å². The number of rotatable bonds is 4. The minimum absolute atomic E-state index is 0.432. The first-order valence-electron chi connectivity index (χ1n) is 6.89. The van der Waals surface area contributed by atoms with E-state index in [4.69, 9.17) is 28.9 Å². The third-order valence-corrected chi connectivity index (χ3v) is 3.36. The summed E-state index contributed by atoms with van der Waals surface area (Å²) in [5.74, 6) is 0.806. The van der Waals surface area contributed by atoms with Gasteiger partial charge >= 0.3 is 0 Å². The molecule has 4 N–H and O–H groups in total. The molecule has 1 aromatic heterocycles. The molecule has 0 spiro atoms. The standard InChI is InChI=1S/C15H18N4OS2/c1-2-11-5-7-12(8-6-11)17-15(22)19-18-14(21)16-10-13-4-3-9-20-13/h3-9H,2,10H2,1H3,(H2,16,18,21)(H2,17,19,22). The Hall–Kier alpha value is -2.12. The van der Waals surface area contributed by atoms with Crippen LogP contribution in [0.4, 0.5) is 5.69 Å². The lowest BCUT2D eigenvalue weighted by Crippen LogP contribution is -2.47. The number of nitrogens with one attached hydrogen (secondary N) is 4. The van der Waals surface area contributed by atoms with Crippen molar-refractivity contribution in [2.24, 2.45) is 0 Å². The van der Waals surface area contributed by atoms with Crippen molar-refractivity contribution in [1.82, 2.24) is 16.2 Å². The lowest BCUT2D eigenvalue weighted by Gasteiger charge is -2.14. The Morgan fingerprint density at radius 2 is 1.77 bits per heavy atom. The molecule has 0 saturated carbocycles. The predicted molar refractivity (Wildman–Crippen MR) is 96.5 cm³/mol. The molecule has 0 saturated heterocycles. The van der Waals surface area contributed by atoms with Crippen molar-refractivity contribution in [3.63, 3.8) is 0 Å². The number of hydrogen-bond acceptors (Lipinski definition) is 3. The van der Waals surface area contributed by atoms with E-state index in [0.29, 0.717) is 16.8 Å². The molecule has 1 aromatic carbocycles. The van der Waals surface area contributed by atoms with E-state index in [1.165, 1.54) is 5.56 Å². The van der Waals surface area contributed by atoms with Crippen LogP contribution in [-0.4, -0.2) is 10.2 Å². The zero-order valence-electron chi connectivity index (χ0n) is 12.2. The molecule has 0 unspecified atom stereocenters. The maximum Gasteiger partial charge on any atom is 0.189 e. The lowest BCUT2D eigenvalue weighted by molar-refractivity contribution is 0.502. The molecule has 0 amide bonds. The lowest BCUT2D eigenvalue weighted by atomic mass is 10.1. The Morgan fingerprint density at radius 1 is 1.05 bits per heavy atom. The van der Waals surface area contributed by atoms with E-state index >= 15 is 0 Å². The summed E-state index contributed by atoms with van der Waals surface area (Å²) in [5, 5.41) is 6.93. The van der Waals surface area contributed by atoms with Gasteiger partial charge < -0.3 is 15.1 Å². The summed E-state index contributed by atoms with van der Waals surface area (Å²) in [4.78, 5) is 0. The van der Waals surface area contributed by atoms with E-state index in [1.54, 1.807) is 6.26 Å². The van der Waals surface area contributed by atoms with Crippen molar-refractivity contribution in [2.75, 3.05) is 5.32 Å². The Kier molecular flexibility index (Phi) is 6.17. The molecule has 2 rings (SSSR count). The van der Waals surface area contributed by atoms with E-state index in [-0.39, 0.29) is 0 Å². The molecule has 0 radical (unpaired) electrons. The molecule has 7 heteroatoms. The molecule has 1 heterocycles. The van der Waals surface area contributed by atoms with Crippen LogP contribution in [0.1, 0.15) is 18.2 Å². The van der Waals surface area contributed by atoms with E-state index in [2.05, 4.69) is 40.5 Å². The average molecular weight is 334 g/mol. The van der Waals surface area contributed by atoms with Crippen LogP contribution < -0.4 is 21.5 Å². The molecular formula is C15H18N4OS2. The molecule has 22 heavy (non-hydrogen) atoms. The highest BCUT2D eigenvalue weighted by molar-refractivity contribution is 7.80. The molecule has 0 aliphatic carbocycles. The molecule has 2 aromatic rings. The Morgan fingerprint density at radius 3 is 2.41 bits per heavy atom. The van der Waals surface area contributed by atoms with Crippen molar-refractivity contribution in [2.45, 2.75) is 19.9 Å². The number of benzene rings is 1. The largest absolute Gasteiger partial charge is 0.467 e. The maximum atomic E-state index is 5.20. The van der Waals surface area contributed by atoms with Crippen molar-refractivity contribution in [3.05, 3.63) is 54.0 Å². The Balaban J connectivity index is 1.69. The van der Waals surface area contributed by atoms with Crippen LogP contribution in [0.15, 0.2) is 47.1 Å². The van der Waals surface area contributed by atoms with E-state index in [0.717, 1.165) is 17.9 Å². The van der Waals surface area contributed by atoms with Crippen LogP contribution >= 0.6 is 24.4 Å². The van der Waals surface area contributed by atoms with Crippen LogP contribution in [0.3, 0.4) is 0 Å². The van der Waals surface area contributed by atoms with Crippen LogP contribution in [0, 0.1) is 0 Å². The van der Waals surface area contributed by atoms with Crippen molar-refractivity contribution >= 4 is 40.3 Å². The second-order valence-electron chi connectivity index (χ2n) is 4.52. The zero-order chi connectivity index (χ0) is 15.8. The number of furan rings is 1. The molecule has 116 valence electrons. The maximum absolute atomic E-state index is 5.20. The third kappa shape index (κ3) is 5.34. The topological polar surface area (TPSA) is 61.3 Å². The van der Waals surface area contributed by atoms with Gasteiger partial charge in [-0.2, -0.15) is 0 Å². The first-order valence-corrected chi connectivity index (χ1v) is 7.71. The number of thiocarbonyl (C=S) groups is 2. The highest BCUT2D eigenvalue weighted by atomic mass is 32.1. The van der Waals surface area contributed by atoms with E-state index in [1.807, 2.05) is 24.3 Å². The fraction of sp³-hybridized carbons (Fsp3) is 0.200. The Bertz CT molecular complexity index is 611. The number of hydrogen-bond donors (Lipinski definition) is 4. The van der Waals surface area contributed by atoms with Gasteiger partial charge in [0.2, 0.25) is 0 Å². The van der Waals surface area contributed by atoms with Crippen LogP contribution in [-0.2, 0) is 13.0 Å². The van der Waals surface area contributed by atoms with Crippen LogP contribution in [0.25, 0.3) is 0 Å². The summed E-state index contributed by atoms with van der Waals surface area (Å²) in [7, 11) is 0. The SMILES string of the molecule is CCc1ccc(NC(=S)NNC(=S)NCc2ccco2)cc1. The quantitative estimate of drug-likeness (QED) is 0.506. The summed E-state index contributed by atoms with van der Waals surface area (Å²) in [6.07, 6.45) is 2.63. The van der Waals surface area contributed by atoms with E-state index in [9.17, 15) is 0 Å². The second kappa shape index (κ2) is 8.35. The molecule has 0 aliphatic heterocycles. The number of aryl methyl sites for hydroxylation is 1. The molecule has 0 bridgehead atoms. The normalized spacial score (nSPS) is 9.86. The van der Waals surface area contributed by atoms with Gasteiger partial charge in [0.25, 0.3) is 0 Å². The highest BCUT2D eigenvalue weighted by Crippen LogP contribution is 2.09. The van der Waals surface area contributed by atoms with Gasteiger partial charge in [0.15, 0.2) is 10.2 Å². The summed E-state index contributed by atoms with van der Waals surface area (Å²) in [6.45, 7) is 2.63. The minimum Gasteiger partial charge on any atom is -0.467 e. The van der Waals surface area contributed by atoms with Gasteiger partial charge in [0, 0.05) is 5.69 Å². The van der Waals surface area contributed by atoms with Crippen molar-refractivity contribution in [3.8, 4) is 0 Å². The zero-order valence-corrected chi connectivity index (χ0v) is 13.8. The van der Waals surface area contributed by atoms with Gasteiger partial charge in [-0.25, -0.2) is 0 Å². The van der Waals surface area contributed by atoms with Crippen LogP contribution in [0.2, 0.25) is 0 Å². The van der Waals surface area contributed by atoms with Gasteiger partial charge in [-0.15, -0.1) is 0 Å². The summed E-state index contributed by atoms with van der Waals surface area (Å²) < 4.78 is 5.20. The predicted octanol–water partition coefficient (Wildman–Crippen LogP) is 2.71. The summed E-state index contributed by atoms with van der Waals surface area (Å²) >= 11 is 10.3. The number of anilines is 1. The molecular weight excluding hydrogens is 316 g/mol. The summed E-state index contributed by atoms with van der Waals surface area (Å²) in [6, 6.07) is 11.8. The van der Waals surface area contributed by atoms with Gasteiger partial charge in [0.05, 0.1) is 12.8 Å². The first kappa shape index (κ1) is 16.3.